The lowest BCUT2D eigenvalue weighted by Crippen LogP contribution is -2.19. The molecule has 1 heterocycles. The Balaban J connectivity index is 2.03. The number of nitrogens with two attached hydrogens (primary N) is 1. The van der Waals surface area contributed by atoms with E-state index in [-0.39, 0.29) is 0 Å². The zero-order valence-corrected chi connectivity index (χ0v) is 11.2. The predicted octanol–water partition coefficient (Wildman–Crippen LogP) is 3.76. The Morgan fingerprint density at radius 1 is 1.18 bits per heavy atom. The Hall–Kier alpha value is -0.830. The number of rotatable bonds is 5. The Morgan fingerprint density at radius 2 is 2.00 bits per heavy atom. The highest BCUT2D eigenvalue weighted by molar-refractivity contribution is 7.07. The molecular weight excluding hydrogens is 250 g/mol. The average Bonchev–Trinajstić information content (AvgIpc) is 2.84. The van der Waals surface area contributed by atoms with Gasteiger partial charge in [-0.3, -0.25) is 0 Å². The quantitative estimate of drug-likeness (QED) is 0.875. The smallest absolute Gasteiger partial charge is 0.0438 e. The van der Waals surface area contributed by atoms with E-state index in [1.807, 2.05) is 18.2 Å². The van der Waals surface area contributed by atoms with Crippen molar-refractivity contribution in [2.24, 2.45) is 11.7 Å². The van der Waals surface area contributed by atoms with Gasteiger partial charge in [-0.05, 0) is 59.3 Å². The van der Waals surface area contributed by atoms with Crippen LogP contribution in [0.25, 0.3) is 0 Å². The third-order valence-electron chi connectivity index (χ3n) is 2.90. The van der Waals surface area contributed by atoms with Crippen molar-refractivity contribution in [3.63, 3.8) is 0 Å². The number of hydrogen-bond donors (Lipinski definition) is 1. The minimum Gasteiger partial charge on any atom is -0.330 e. The highest BCUT2D eigenvalue weighted by Gasteiger charge is 2.11. The van der Waals surface area contributed by atoms with Crippen molar-refractivity contribution in [2.75, 3.05) is 6.54 Å². The van der Waals surface area contributed by atoms with E-state index in [0.717, 1.165) is 17.9 Å². The molecule has 0 spiro atoms. The molecule has 1 aromatic heterocycles. The molecule has 0 aliphatic rings. The monoisotopic (exact) mass is 265 g/mol. The van der Waals surface area contributed by atoms with E-state index in [0.29, 0.717) is 12.5 Å². The maximum atomic E-state index is 6.17. The molecule has 2 rings (SSSR count). The van der Waals surface area contributed by atoms with Crippen LogP contribution >= 0.6 is 22.9 Å². The fraction of sp³-hybridized carbons (Fsp3) is 0.286. The van der Waals surface area contributed by atoms with Crippen LogP contribution in [0, 0.1) is 5.92 Å². The van der Waals surface area contributed by atoms with Gasteiger partial charge in [-0.2, -0.15) is 11.3 Å². The van der Waals surface area contributed by atoms with Gasteiger partial charge in [0.15, 0.2) is 0 Å². The zero-order chi connectivity index (χ0) is 12.1. The molecule has 1 unspecified atom stereocenters. The van der Waals surface area contributed by atoms with Crippen molar-refractivity contribution in [3.8, 4) is 0 Å². The lowest BCUT2D eigenvalue weighted by Gasteiger charge is -2.14. The van der Waals surface area contributed by atoms with Gasteiger partial charge in [0.1, 0.15) is 0 Å². The van der Waals surface area contributed by atoms with Crippen LogP contribution in [0.1, 0.15) is 11.1 Å². The summed E-state index contributed by atoms with van der Waals surface area (Å²) in [5, 5.41) is 5.14. The van der Waals surface area contributed by atoms with Gasteiger partial charge in [-0.15, -0.1) is 0 Å². The number of thiophene rings is 1. The van der Waals surface area contributed by atoms with E-state index in [1.54, 1.807) is 11.3 Å². The molecule has 0 radical (unpaired) electrons. The summed E-state index contributed by atoms with van der Waals surface area (Å²) in [5.74, 6) is 0.462. The predicted molar refractivity (Wildman–Crippen MR) is 75.7 cm³/mol. The fourth-order valence-corrected chi connectivity index (χ4v) is 2.85. The molecule has 1 atom stereocenters. The van der Waals surface area contributed by atoms with Crippen LogP contribution in [0.3, 0.4) is 0 Å². The minimum absolute atomic E-state index is 0.462. The van der Waals surface area contributed by atoms with Crippen LogP contribution in [0.5, 0.6) is 0 Å². The highest BCUT2D eigenvalue weighted by atomic mass is 35.5. The first kappa shape index (κ1) is 12.6. The van der Waals surface area contributed by atoms with Crippen molar-refractivity contribution in [1.82, 2.24) is 0 Å². The lowest BCUT2D eigenvalue weighted by atomic mass is 9.94. The normalized spacial score (nSPS) is 12.6. The maximum absolute atomic E-state index is 6.17. The van der Waals surface area contributed by atoms with Crippen molar-refractivity contribution >= 4 is 22.9 Å². The topological polar surface area (TPSA) is 26.0 Å². The summed E-state index contributed by atoms with van der Waals surface area (Å²) in [7, 11) is 0. The summed E-state index contributed by atoms with van der Waals surface area (Å²) < 4.78 is 0. The van der Waals surface area contributed by atoms with Crippen LogP contribution in [0.2, 0.25) is 5.02 Å². The second-order valence-electron chi connectivity index (χ2n) is 4.23. The highest BCUT2D eigenvalue weighted by Crippen LogP contribution is 2.21. The second kappa shape index (κ2) is 6.20. The SMILES string of the molecule is NCC(Cc1ccsc1)Cc1ccccc1Cl. The molecule has 1 aromatic carbocycles. The van der Waals surface area contributed by atoms with E-state index in [1.165, 1.54) is 11.1 Å². The van der Waals surface area contributed by atoms with E-state index < -0.39 is 0 Å². The summed E-state index contributed by atoms with van der Waals surface area (Å²) in [6, 6.07) is 10.2. The molecule has 90 valence electrons. The van der Waals surface area contributed by atoms with Crippen LogP contribution in [-0.2, 0) is 12.8 Å². The van der Waals surface area contributed by atoms with Gasteiger partial charge in [0.2, 0.25) is 0 Å². The molecule has 0 fully saturated rings. The Bertz CT molecular complexity index is 453. The molecule has 0 saturated carbocycles. The van der Waals surface area contributed by atoms with Crippen LogP contribution < -0.4 is 5.73 Å². The molecule has 3 heteroatoms. The molecule has 17 heavy (non-hydrogen) atoms. The summed E-state index contributed by atoms with van der Waals surface area (Å²) in [6.07, 6.45) is 1.98. The van der Waals surface area contributed by atoms with Gasteiger partial charge in [-0.25, -0.2) is 0 Å². The van der Waals surface area contributed by atoms with E-state index >= 15 is 0 Å². The average molecular weight is 266 g/mol. The van der Waals surface area contributed by atoms with E-state index in [2.05, 4.69) is 22.9 Å². The minimum atomic E-state index is 0.462. The maximum Gasteiger partial charge on any atom is 0.0438 e. The lowest BCUT2D eigenvalue weighted by molar-refractivity contribution is 0.534. The molecular formula is C14H16ClNS. The Kier molecular flexibility index (Phi) is 4.60. The fourth-order valence-electron chi connectivity index (χ4n) is 1.96. The second-order valence-corrected chi connectivity index (χ2v) is 5.42. The molecule has 0 saturated heterocycles. The first-order valence-electron chi connectivity index (χ1n) is 5.74. The third kappa shape index (κ3) is 3.56. The van der Waals surface area contributed by atoms with Crippen molar-refractivity contribution < 1.29 is 0 Å². The zero-order valence-electron chi connectivity index (χ0n) is 9.60. The summed E-state index contributed by atoms with van der Waals surface area (Å²) in [6.45, 7) is 0.696. The van der Waals surface area contributed by atoms with Gasteiger partial charge >= 0.3 is 0 Å². The van der Waals surface area contributed by atoms with Crippen molar-refractivity contribution in [1.29, 1.82) is 0 Å². The number of halogens is 1. The largest absolute Gasteiger partial charge is 0.330 e. The molecule has 0 amide bonds. The van der Waals surface area contributed by atoms with E-state index in [9.17, 15) is 0 Å². The Labute approximate surface area is 111 Å². The molecule has 2 aromatic rings. The van der Waals surface area contributed by atoms with Crippen molar-refractivity contribution in [3.05, 3.63) is 57.2 Å². The van der Waals surface area contributed by atoms with Crippen LogP contribution in [0.4, 0.5) is 0 Å². The van der Waals surface area contributed by atoms with Gasteiger partial charge in [-0.1, -0.05) is 29.8 Å². The number of hydrogen-bond acceptors (Lipinski definition) is 2. The van der Waals surface area contributed by atoms with Crippen molar-refractivity contribution in [2.45, 2.75) is 12.8 Å². The van der Waals surface area contributed by atoms with Gasteiger partial charge in [0.05, 0.1) is 0 Å². The van der Waals surface area contributed by atoms with Gasteiger partial charge < -0.3 is 5.73 Å². The number of benzene rings is 1. The third-order valence-corrected chi connectivity index (χ3v) is 4.01. The molecule has 0 aliphatic carbocycles. The molecule has 0 bridgehead atoms. The first-order chi connectivity index (χ1) is 8.29. The van der Waals surface area contributed by atoms with Gasteiger partial charge in [0.25, 0.3) is 0 Å². The Morgan fingerprint density at radius 3 is 2.65 bits per heavy atom. The summed E-state index contributed by atoms with van der Waals surface area (Å²) >= 11 is 7.90. The van der Waals surface area contributed by atoms with Crippen LogP contribution in [0.15, 0.2) is 41.1 Å². The molecule has 2 N–H and O–H groups in total. The van der Waals surface area contributed by atoms with Crippen LogP contribution in [-0.4, -0.2) is 6.54 Å². The summed E-state index contributed by atoms with van der Waals surface area (Å²) in [5.41, 5.74) is 8.41. The van der Waals surface area contributed by atoms with Gasteiger partial charge in [0, 0.05) is 5.02 Å². The molecule has 1 nitrogen and oxygen atoms in total. The standard InChI is InChI=1S/C14H16ClNS/c15-14-4-2-1-3-13(14)8-12(9-16)7-11-5-6-17-10-11/h1-6,10,12H,7-9,16H2. The first-order valence-corrected chi connectivity index (χ1v) is 7.06. The summed E-state index contributed by atoms with van der Waals surface area (Å²) in [4.78, 5) is 0. The molecule has 0 aliphatic heterocycles. The van der Waals surface area contributed by atoms with E-state index in [4.69, 9.17) is 17.3 Å².